The van der Waals surface area contributed by atoms with Gasteiger partial charge in [-0.1, -0.05) is 0 Å². The normalized spacial score (nSPS) is 12.4. The Bertz CT molecular complexity index is 968. The molecular formula is C32H60N6O14. The molecule has 0 fully saturated rings. The molecule has 1 aromatic rings. The molecule has 20 heteroatoms. The summed E-state index contributed by atoms with van der Waals surface area (Å²) in [6.07, 6.45) is -1.39. The van der Waals surface area contributed by atoms with Crippen LogP contribution in [0.3, 0.4) is 0 Å². The summed E-state index contributed by atoms with van der Waals surface area (Å²) in [5.41, 5.74) is -0.331. The first-order chi connectivity index (χ1) is 25.4. The molecule has 0 radical (unpaired) electrons. The maximum atomic E-state index is 13.2. The van der Waals surface area contributed by atoms with E-state index in [1.807, 2.05) is 0 Å². The number of nitrogens with one attached hydrogen (secondary N) is 4. The summed E-state index contributed by atoms with van der Waals surface area (Å²) >= 11 is 0. The molecule has 52 heavy (non-hydrogen) atoms. The SMILES string of the molecule is COCCOCCOCCOCCCNc1nc(C(=O)NCC(O)CO)c(NCCCOCCOCCOCCOC)nc1C(=O)NCC(O)CO. The fraction of sp³-hybridized carbons (Fsp3) is 0.812. The quantitative estimate of drug-likeness (QED) is 0.0333. The number of amides is 2. The lowest BCUT2D eigenvalue weighted by Crippen LogP contribution is -2.37. The zero-order chi connectivity index (χ0) is 38.1. The van der Waals surface area contributed by atoms with Gasteiger partial charge in [-0.2, -0.15) is 0 Å². The van der Waals surface area contributed by atoms with E-state index >= 15 is 0 Å². The van der Waals surface area contributed by atoms with Gasteiger partial charge in [-0.25, -0.2) is 9.97 Å². The first kappa shape index (κ1) is 47.2. The minimum absolute atomic E-state index is 0.0152. The van der Waals surface area contributed by atoms with Crippen LogP contribution in [0.2, 0.25) is 0 Å². The highest BCUT2D eigenvalue weighted by atomic mass is 16.6. The lowest BCUT2D eigenvalue weighted by molar-refractivity contribution is 0.00367. The van der Waals surface area contributed by atoms with Crippen molar-refractivity contribution in [1.82, 2.24) is 20.6 Å². The summed E-state index contributed by atoms with van der Waals surface area (Å²) in [5.74, 6) is -1.45. The summed E-state index contributed by atoms with van der Waals surface area (Å²) in [5, 5.41) is 48.9. The number of carbonyl (C=O) groups excluding carboxylic acids is 2. The number of hydrogen-bond donors (Lipinski definition) is 8. The van der Waals surface area contributed by atoms with E-state index in [4.69, 9.17) is 37.9 Å². The first-order valence-electron chi connectivity index (χ1n) is 17.4. The number of hydrogen-bond acceptors (Lipinski definition) is 18. The number of ether oxygens (including phenoxy) is 8. The van der Waals surface area contributed by atoms with Crippen molar-refractivity contribution in [2.45, 2.75) is 25.0 Å². The largest absolute Gasteiger partial charge is 0.394 e. The molecule has 0 saturated carbocycles. The Morgan fingerprint density at radius 3 is 1.15 bits per heavy atom. The lowest BCUT2D eigenvalue weighted by atomic mass is 10.2. The van der Waals surface area contributed by atoms with Crippen LogP contribution >= 0.6 is 0 Å². The minimum Gasteiger partial charge on any atom is -0.394 e. The van der Waals surface area contributed by atoms with E-state index in [2.05, 4.69) is 31.2 Å². The Balaban J connectivity index is 2.81. The van der Waals surface area contributed by atoms with Crippen LogP contribution < -0.4 is 21.3 Å². The van der Waals surface area contributed by atoms with E-state index in [1.54, 1.807) is 14.2 Å². The highest BCUT2D eigenvalue weighted by Gasteiger charge is 2.24. The highest BCUT2D eigenvalue weighted by Crippen LogP contribution is 2.19. The van der Waals surface area contributed by atoms with Crippen molar-refractivity contribution >= 4 is 23.5 Å². The average Bonchev–Trinajstić information content (AvgIpc) is 3.16. The van der Waals surface area contributed by atoms with Gasteiger partial charge in [0.25, 0.3) is 11.8 Å². The van der Waals surface area contributed by atoms with Gasteiger partial charge >= 0.3 is 0 Å². The molecule has 0 spiro atoms. The third-order valence-electron chi connectivity index (χ3n) is 6.61. The molecule has 8 N–H and O–H groups in total. The summed E-state index contributed by atoms with van der Waals surface area (Å²) in [6.45, 7) is 5.02. The smallest absolute Gasteiger partial charge is 0.273 e. The molecule has 2 atom stereocenters. The standard InChI is InChI=1S/C32H60N6O14/c1-45-9-11-49-17-19-51-15-13-47-7-3-5-33-29-27(31(43)35-21-25(41)23-39)38-30(28(37-29)32(44)36-22-26(42)24-40)34-6-4-8-48-14-16-52-20-18-50-12-10-46-2/h25-26,39-42H,3-24H2,1-2H3,(H,33,37)(H,34,38)(H,35,43)(H,36,44). The fourth-order valence-corrected chi connectivity index (χ4v) is 3.85. The Hall–Kier alpha value is -2.86. The second-order valence-corrected chi connectivity index (χ2v) is 10.9. The molecule has 20 nitrogen and oxygen atoms in total. The number of aromatic nitrogens is 2. The van der Waals surface area contributed by atoms with E-state index in [0.717, 1.165) is 0 Å². The van der Waals surface area contributed by atoms with Crippen molar-refractivity contribution in [3.63, 3.8) is 0 Å². The van der Waals surface area contributed by atoms with E-state index in [9.17, 15) is 30.0 Å². The number of nitrogens with zero attached hydrogens (tertiary/aromatic N) is 2. The van der Waals surface area contributed by atoms with Gasteiger partial charge in [0.15, 0.2) is 23.0 Å². The van der Waals surface area contributed by atoms with E-state index in [0.29, 0.717) is 118 Å². The zero-order valence-electron chi connectivity index (χ0n) is 30.5. The molecule has 1 rings (SSSR count). The second-order valence-electron chi connectivity index (χ2n) is 10.9. The summed E-state index contributed by atoms with van der Waals surface area (Å²) in [6, 6.07) is 0. The maximum absolute atomic E-state index is 13.2. The van der Waals surface area contributed by atoms with Gasteiger partial charge in [-0.3, -0.25) is 9.59 Å². The molecule has 0 saturated heterocycles. The van der Waals surface area contributed by atoms with Crippen molar-refractivity contribution in [3.8, 4) is 0 Å². The van der Waals surface area contributed by atoms with Crippen molar-refractivity contribution in [2.75, 3.05) is 157 Å². The van der Waals surface area contributed by atoms with Gasteiger partial charge in [0.05, 0.1) is 105 Å². The summed E-state index contributed by atoms with van der Waals surface area (Å²) in [7, 11) is 3.21. The predicted octanol–water partition coefficient (Wildman–Crippen LogP) is -2.36. The van der Waals surface area contributed by atoms with Crippen LogP contribution in [-0.2, 0) is 37.9 Å². The Labute approximate surface area is 305 Å². The molecular weight excluding hydrogens is 692 g/mol. The van der Waals surface area contributed by atoms with Crippen LogP contribution in [-0.4, -0.2) is 201 Å². The Morgan fingerprint density at radius 2 is 0.846 bits per heavy atom. The highest BCUT2D eigenvalue weighted by molar-refractivity contribution is 6.01. The van der Waals surface area contributed by atoms with Gasteiger partial charge in [0.2, 0.25) is 0 Å². The molecule has 0 aromatic carbocycles. The van der Waals surface area contributed by atoms with Gasteiger partial charge in [-0.05, 0) is 12.8 Å². The molecule has 0 aliphatic carbocycles. The third kappa shape index (κ3) is 23.7. The fourth-order valence-electron chi connectivity index (χ4n) is 3.85. The number of rotatable bonds is 36. The van der Waals surface area contributed by atoms with Crippen LogP contribution in [0.15, 0.2) is 0 Å². The topological polar surface area (TPSA) is 263 Å². The first-order valence-corrected chi connectivity index (χ1v) is 17.4. The zero-order valence-corrected chi connectivity index (χ0v) is 30.5. The number of anilines is 2. The number of aliphatic hydroxyl groups excluding tert-OH is 4. The maximum Gasteiger partial charge on any atom is 0.273 e. The Kier molecular flexibility index (Phi) is 29.7. The van der Waals surface area contributed by atoms with Gasteiger partial charge in [-0.15, -0.1) is 0 Å². The molecule has 0 aliphatic heterocycles. The van der Waals surface area contributed by atoms with Gasteiger partial charge in [0.1, 0.15) is 0 Å². The van der Waals surface area contributed by atoms with E-state index in [1.165, 1.54) is 0 Å². The van der Waals surface area contributed by atoms with Gasteiger partial charge < -0.3 is 79.6 Å². The van der Waals surface area contributed by atoms with Crippen molar-refractivity contribution in [2.24, 2.45) is 0 Å². The Morgan fingerprint density at radius 1 is 0.538 bits per heavy atom. The lowest BCUT2D eigenvalue weighted by Gasteiger charge is -2.17. The molecule has 0 bridgehead atoms. The van der Waals surface area contributed by atoms with Gasteiger partial charge in [0, 0.05) is 53.6 Å². The molecule has 0 aliphatic rings. The number of methoxy groups -OCH3 is 2. The van der Waals surface area contributed by atoms with Crippen LogP contribution in [0.1, 0.15) is 33.8 Å². The molecule has 2 amide bonds. The van der Waals surface area contributed by atoms with Crippen molar-refractivity contribution in [1.29, 1.82) is 0 Å². The molecule has 302 valence electrons. The monoisotopic (exact) mass is 752 g/mol. The molecule has 1 aromatic heterocycles. The molecule has 1 heterocycles. The summed E-state index contributed by atoms with van der Waals surface area (Å²) < 4.78 is 42.6. The number of carbonyl (C=O) groups is 2. The third-order valence-corrected chi connectivity index (χ3v) is 6.61. The predicted molar refractivity (Wildman–Crippen MR) is 188 cm³/mol. The van der Waals surface area contributed by atoms with Crippen LogP contribution in [0.25, 0.3) is 0 Å². The van der Waals surface area contributed by atoms with Crippen LogP contribution in [0.4, 0.5) is 11.6 Å². The second kappa shape index (κ2) is 32.8. The van der Waals surface area contributed by atoms with E-state index in [-0.39, 0.29) is 36.1 Å². The average molecular weight is 753 g/mol. The summed E-state index contributed by atoms with van der Waals surface area (Å²) in [4.78, 5) is 35.1. The van der Waals surface area contributed by atoms with Crippen molar-refractivity contribution in [3.05, 3.63) is 11.4 Å². The van der Waals surface area contributed by atoms with Crippen LogP contribution in [0, 0.1) is 0 Å². The van der Waals surface area contributed by atoms with Crippen molar-refractivity contribution < 1.29 is 67.9 Å². The number of aliphatic hydroxyl groups is 4. The molecule has 2 unspecified atom stereocenters. The minimum atomic E-state index is -1.20. The van der Waals surface area contributed by atoms with Crippen LogP contribution in [0.5, 0.6) is 0 Å². The van der Waals surface area contributed by atoms with E-state index < -0.39 is 37.2 Å².